The molecule has 0 N–H and O–H groups in total. The van der Waals surface area contributed by atoms with Gasteiger partial charge in [-0.1, -0.05) is 79.2 Å². The van der Waals surface area contributed by atoms with Gasteiger partial charge in [0, 0.05) is 11.6 Å². The molecule has 0 amide bonds. The van der Waals surface area contributed by atoms with Crippen molar-refractivity contribution in [3.05, 3.63) is 102 Å². The van der Waals surface area contributed by atoms with Crippen molar-refractivity contribution in [3.8, 4) is 5.75 Å². The molecule has 0 aromatic heterocycles. The highest BCUT2D eigenvalue weighted by Crippen LogP contribution is 2.40. The van der Waals surface area contributed by atoms with Crippen molar-refractivity contribution in [3.63, 3.8) is 0 Å². The fraction of sp³-hybridized carbons (Fsp3) is 0.296. The van der Waals surface area contributed by atoms with Crippen LogP contribution in [0.1, 0.15) is 52.7 Å². The van der Waals surface area contributed by atoms with E-state index in [4.69, 9.17) is 4.74 Å². The second-order valence-electron chi connectivity index (χ2n) is 7.93. The van der Waals surface area contributed by atoms with E-state index in [0.717, 1.165) is 35.5 Å². The normalized spacial score (nSPS) is 16.6. The molecule has 1 fully saturated rings. The molecule has 3 aromatic carbocycles. The third-order valence-corrected chi connectivity index (χ3v) is 6.06. The fourth-order valence-corrected chi connectivity index (χ4v) is 4.53. The number of piperidine rings is 1. The number of hydrogen-bond acceptors (Lipinski definition) is 3. The number of benzene rings is 3. The summed E-state index contributed by atoms with van der Waals surface area (Å²) in [7, 11) is 1.68. The predicted octanol–water partition coefficient (Wildman–Crippen LogP) is 5.89. The number of carbonyl (C=O) groups is 1. The zero-order valence-electron chi connectivity index (χ0n) is 17.5. The summed E-state index contributed by atoms with van der Waals surface area (Å²) in [5.41, 5.74) is 3.00. The van der Waals surface area contributed by atoms with Crippen molar-refractivity contribution in [2.45, 2.75) is 31.2 Å². The molecule has 2 atom stereocenters. The molecule has 0 unspecified atom stereocenters. The first kappa shape index (κ1) is 20.4. The standard InChI is InChI=1S/C27H29NO2/c1-30-24-17-15-22(16-18-24)26(28-19-9-4-10-20-28)25(21-11-5-2-6-12-21)27(29)23-13-7-3-8-14-23/h2-3,5-8,11-18,25-26H,4,9-10,19-20H2,1H3/t25-,26+/m0/s1. The Morgan fingerprint density at radius 2 is 1.37 bits per heavy atom. The molecule has 3 nitrogen and oxygen atoms in total. The average molecular weight is 400 g/mol. The summed E-state index contributed by atoms with van der Waals surface area (Å²) in [6, 6.07) is 28.2. The minimum atomic E-state index is -0.264. The van der Waals surface area contributed by atoms with Crippen LogP contribution in [0.2, 0.25) is 0 Å². The Bertz CT molecular complexity index is 932. The van der Waals surface area contributed by atoms with Crippen molar-refractivity contribution < 1.29 is 9.53 Å². The third-order valence-electron chi connectivity index (χ3n) is 6.06. The summed E-state index contributed by atoms with van der Waals surface area (Å²) in [6.45, 7) is 2.03. The number of carbonyl (C=O) groups excluding carboxylic acids is 1. The van der Waals surface area contributed by atoms with Crippen LogP contribution in [0.3, 0.4) is 0 Å². The summed E-state index contributed by atoms with van der Waals surface area (Å²) in [5, 5.41) is 0. The van der Waals surface area contributed by atoms with E-state index in [2.05, 4.69) is 29.2 Å². The number of likely N-dealkylation sites (tertiary alicyclic amines) is 1. The van der Waals surface area contributed by atoms with Gasteiger partial charge in [0.05, 0.1) is 13.0 Å². The lowest BCUT2D eigenvalue weighted by Crippen LogP contribution is -2.39. The highest BCUT2D eigenvalue weighted by molar-refractivity contribution is 6.01. The van der Waals surface area contributed by atoms with E-state index >= 15 is 0 Å². The average Bonchev–Trinajstić information content (AvgIpc) is 2.84. The lowest BCUT2D eigenvalue weighted by atomic mass is 9.80. The van der Waals surface area contributed by atoms with Gasteiger partial charge in [-0.3, -0.25) is 9.69 Å². The molecule has 0 spiro atoms. The SMILES string of the molecule is COc1ccc([C@H]([C@@H](C(=O)c2ccccc2)c2ccccc2)N2CCCCC2)cc1. The Kier molecular flexibility index (Phi) is 6.60. The highest BCUT2D eigenvalue weighted by Gasteiger charge is 2.36. The molecule has 0 radical (unpaired) electrons. The molecule has 1 saturated heterocycles. The monoisotopic (exact) mass is 399 g/mol. The highest BCUT2D eigenvalue weighted by atomic mass is 16.5. The van der Waals surface area contributed by atoms with Crippen LogP contribution in [0.5, 0.6) is 5.75 Å². The van der Waals surface area contributed by atoms with Crippen LogP contribution < -0.4 is 4.74 Å². The lowest BCUT2D eigenvalue weighted by molar-refractivity contribution is 0.0835. The van der Waals surface area contributed by atoms with Crippen molar-refractivity contribution in [1.82, 2.24) is 4.90 Å². The molecular weight excluding hydrogens is 370 g/mol. The number of ketones is 1. The Hall–Kier alpha value is -2.91. The van der Waals surface area contributed by atoms with Crippen molar-refractivity contribution in [2.24, 2.45) is 0 Å². The van der Waals surface area contributed by atoms with E-state index in [1.165, 1.54) is 19.3 Å². The van der Waals surface area contributed by atoms with Crippen LogP contribution in [0, 0.1) is 0 Å². The number of Topliss-reactive ketones (excluding diaryl/α,β-unsaturated/α-hetero) is 1. The van der Waals surface area contributed by atoms with Crippen LogP contribution in [0.25, 0.3) is 0 Å². The summed E-state index contributed by atoms with van der Waals surface area (Å²) >= 11 is 0. The van der Waals surface area contributed by atoms with Crippen LogP contribution in [0.4, 0.5) is 0 Å². The number of hydrogen-bond donors (Lipinski definition) is 0. The van der Waals surface area contributed by atoms with Gasteiger partial charge in [-0.25, -0.2) is 0 Å². The quantitative estimate of drug-likeness (QED) is 0.464. The zero-order chi connectivity index (χ0) is 20.8. The van der Waals surface area contributed by atoms with Crippen LogP contribution in [-0.4, -0.2) is 30.9 Å². The van der Waals surface area contributed by atoms with Gasteiger partial charge in [-0.2, -0.15) is 0 Å². The molecule has 1 aliphatic rings. The Balaban J connectivity index is 1.82. The Labute approximate surface area is 179 Å². The van der Waals surface area contributed by atoms with E-state index in [1.807, 2.05) is 60.7 Å². The Morgan fingerprint density at radius 1 is 0.767 bits per heavy atom. The van der Waals surface area contributed by atoms with Crippen LogP contribution in [-0.2, 0) is 0 Å². The van der Waals surface area contributed by atoms with Gasteiger partial charge in [-0.15, -0.1) is 0 Å². The second kappa shape index (κ2) is 9.73. The first-order chi connectivity index (χ1) is 14.8. The maximum absolute atomic E-state index is 13.9. The third kappa shape index (κ3) is 4.47. The molecule has 154 valence electrons. The van der Waals surface area contributed by atoms with Gasteiger partial charge >= 0.3 is 0 Å². The first-order valence-corrected chi connectivity index (χ1v) is 10.8. The predicted molar refractivity (Wildman–Crippen MR) is 121 cm³/mol. The van der Waals surface area contributed by atoms with E-state index < -0.39 is 0 Å². The number of nitrogens with zero attached hydrogens (tertiary/aromatic N) is 1. The molecular formula is C27H29NO2. The maximum atomic E-state index is 13.9. The minimum Gasteiger partial charge on any atom is -0.497 e. The van der Waals surface area contributed by atoms with Crippen molar-refractivity contribution >= 4 is 5.78 Å². The first-order valence-electron chi connectivity index (χ1n) is 10.8. The summed E-state index contributed by atoms with van der Waals surface area (Å²) in [5.74, 6) is 0.745. The zero-order valence-corrected chi connectivity index (χ0v) is 17.5. The fourth-order valence-electron chi connectivity index (χ4n) is 4.53. The molecule has 3 aromatic rings. The van der Waals surface area contributed by atoms with E-state index in [0.29, 0.717) is 0 Å². The Morgan fingerprint density at radius 3 is 1.97 bits per heavy atom. The van der Waals surface area contributed by atoms with E-state index in [1.54, 1.807) is 7.11 Å². The largest absolute Gasteiger partial charge is 0.497 e. The molecule has 30 heavy (non-hydrogen) atoms. The van der Waals surface area contributed by atoms with E-state index in [9.17, 15) is 4.79 Å². The molecule has 1 heterocycles. The van der Waals surface area contributed by atoms with Crippen LogP contribution >= 0.6 is 0 Å². The lowest BCUT2D eigenvalue weighted by Gasteiger charge is -2.39. The minimum absolute atomic E-state index is 0.00804. The maximum Gasteiger partial charge on any atom is 0.172 e. The van der Waals surface area contributed by atoms with Gasteiger partial charge < -0.3 is 4.74 Å². The van der Waals surface area contributed by atoms with Gasteiger partial charge in [0.2, 0.25) is 0 Å². The van der Waals surface area contributed by atoms with Gasteiger partial charge in [0.25, 0.3) is 0 Å². The molecule has 4 rings (SSSR count). The molecule has 0 saturated carbocycles. The van der Waals surface area contributed by atoms with Crippen LogP contribution in [0.15, 0.2) is 84.9 Å². The van der Waals surface area contributed by atoms with Gasteiger partial charge in [0.1, 0.15) is 5.75 Å². The van der Waals surface area contributed by atoms with Gasteiger partial charge in [-0.05, 0) is 49.2 Å². The number of methoxy groups -OCH3 is 1. The molecule has 1 aliphatic heterocycles. The van der Waals surface area contributed by atoms with Crippen molar-refractivity contribution in [1.29, 1.82) is 0 Å². The van der Waals surface area contributed by atoms with Crippen molar-refractivity contribution in [2.75, 3.05) is 20.2 Å². The smallest absolute Gasteiger partial charge is 0.172 e. The topological polar surface area (TPSA) is 29.5 Å². The second-order valence-corrected chi connectivity index (χ2v) is 7.93. The number of ether oxygens (including phenoxy) is 1. The van der Waals surface area contributed by atoms with E-state index in [-0.39, 0.29) is 17.7 Å². The summed E-state index contributed by atoms with van der Waals surface area (Å²) in [6.07, 6.45) is 3.61. The summed E-state index contributed by atoms with van der Waals surface area (Å²) < 4.78 is 5.38. The summed E-state index contributed by atoms with van der Waals surface area (Å²) in [4.78, 5) is 16.4. The molecule has 3 heteroatoms. The molecule has 0 aliphatic carbocycles. The molecule has 0 bridgehead atoms. The van der Waals surface area contributed by atoms with Gasteiger partial charge in [0.15, 0.2) is 5.78 Å². The number of rotatable bonds is 7.